The predicted molar refractivity (Wildman–Crippen MR) is 143 cm³/mol. The van der Waals surface area contributed by atoms with Gasteiger partial charge in [0.15, 0.2) is 0 Å². The number of carbonyl (C=O) groups is 1. The Morgan fingerprint density at radius 1 is 0.865 bits per heavy atom. The fourth-order valence-electron chi connectivity index (χ4n) is 3.39. The Hall–Kier alpha value is -4.11. The van der Waals surface area contributed by atoms with E-state index < -0.39 is 0 Å². The SMILES string of the molecule is CCOC(=O)NC(C)(C)C.c1ccc(-n2cc(CN(Cc3ccccn3)Cc3ccccn3)nn2)cc1. The third-order valence-electron chi connectivity index (χ3n) is 4.92. The first kappa shape index (κ1) is 27.5. The highest BCUT2D eigenvalue weighted by Crippen LogP contribution is 2.12. The summed E-state index contributed by atoms with van der Waals surface area (Å²) in [6.45, 7) is 10.0. The van der Waals surface area contributed by atoms with E-state index in [1.165, 1.54) is 0 Å². The number of carbonyl (C=O) groups excluding carboxylic acids is 1. The number of nitrogens with zero attached hydrogens (tertiary/aromatic N) is 6. The Labute approximate surface area is 218 Å². The Kier molecular flexibility index (Phi) is 10.3. The van der Waals surface area contributed by atoms with E-state index in [1.807, 2.05) is 106 Å². The highest BCUT2D eigenvalue weighted by Gasteiger charge is 2.14. The van der Waals surface area contributed by atoms with E-state index >= 15 is 0 Å². The summed E-state index contributed by atoms with van der Waals surface area (Å²) in [5.74, 6) is 0. The molecule has 4 aromatic rings. The van der Waals surface area contributed by atoms with Crippen LogP contribution in [0.25, 0.3) is 5.69 Å². The molecule has 1 N–H and O–H groups in total. The van der Waals surface area contributed by atoms with Gasteiger partial charge in [-0.25, -0.2) is 9.48 Å². The second-order valence-corrected chi connectivity index (χ2v) is 9.37. The monoisotopic (exact) mass is 501 g/mol. The maximum Gasteiger partial charge on any atom is 0.407 e. The fraction of sp³-hybridized carbons (Fsp3) is 0.321. The average molecular weight is 502 g/mol. The summed E-state index contributed by atoms with van der Waals surface area (Å²) in [6.07, 6.45) is 5.26. The quantitative estimate of drug-likeness (QED) is 0.371. The molecule has 9 nitrogen and oxygen atoms in total. The minimum Gasteiger partial charge on any atom is -0.450 e. The van der Waals surface area contributed by atoms with Crippen molar-refractivity contribution in [2.45, 2.75) is 52.9 Å². The van der Waals surface area contributed by atoms with Gasteiger partial charge in [0.25, 0.3) is 0 Å². The van der Waals surface area contributed by atoms with Crippen molar-refractivity contribution < 1.29 is 9.53 Å². The number of nitrogens with one attached hydrogen (secondary N) is 1. The number of benzene rings is 1. The van der Waals surface area contributed by atoms with Gasteiger partial charge in [-0.2, -0.15) is 0 Å². The lowest BCUT2D eigenvalue weighted by Gasteiger charge is -2.20. The van der Waals surface area contributed by atoms with Crippen LogP contribution in [-0.4, -0.2) is 48.1 Å². The van der Waals surface area contributed by atoms with E-state index in [0.717, 1.165) is 35.9 Å². The van der Waals surface area contributed by atoms with Crippen molar-refractivity contribution in [3.63, 3.8) is 0 Å². The van der Waals surface area contributed by atoms with Gasteiger partial charge >= 0.3 is 6.09 Å². The molecule has 0 unspecified atom stereocenters. The van der Waals surface area contributed by atoms with Crippen LogP contribution in [0.5, 0.6) is 0 Å². The van der Waals surface area contributed by atoms with Crippen molar-refractivity contribution in [2.24, 2.45) is 0 Å². The van der Waals surface area contributed by atoms with E-state index in [2.05, 4.69) is 35.2 Å². The molecule has 194 valence electrons. The third kappa shape index (κ3) is 10.2. The number of rotatable bonds is 8. The second-order valence-electron chi connectivity index (χ2n) is 9.37. The number of hydrogen-bond donors (Lipinski definition) is 1. The number of amides is 1. The molecule has 1 amide bonds. The Morgan fingerprint density at radius 3 is 1.95 bits per heavy atom. The molecular formula is C28H35N7O2. The van der Waals surface area contributed by atoms with Gasteiger partial charge in [-0.1, -0.05) is 35.5 Å². The largest absolute Gasteiger partial charge is 0.450 e. The highest BCUT2D eigenvalue weighted by atomic mass is 16.5. The molecule has 37 heavy (non-hydrogen) atoms. The van der Waals surface area contributed by atoms with Crippen LogP contribution >= 0.6 is 0 Å². The maximum absolute atomic E-state index is 10.7. The molecule has 0 atom stereocenters. The lowest BCUT2D eigenvalue weighted by atomic mass is 10.1. The molecular weight excluding hydrogens is 466 g/mol. The molecule has 9 heteroatoms. The number of alkyl carbamates (subject to hydrolysis) is 1. The molecule has 0 fully saturated rings. The molecule has 0 aliphatic heterocycles. The Morgan fingerprint density at radius 2 is 1.43 bits per heavy atom. The lowest BCUT2D eigenvalue weighted by molar-refractivity contribution is 0.143. The van der Waals surface area contributed by atoms with Gasteiger partial charge in [0, 0.05) is 37.6 Å². The van der Waals surface area contributed by atoms with E-state index in [4.69, 9.17) is 0 Å². The van der Waals surface area contributed by atoms with Gasteiger partial charge in [0.1, 0.15) is 0 Å². The second kappa shape index (κ2) is 13.8. The van der Waals surface area contributed by atoms with Crippen LogP contribution < -0.4 is 5.32 Å². The summed E-state index contributed by atoms with van der Waals surface area (Å²) < 4.78 is 6.47. The van der Waals surface area contributed by atoms with Gasteiger partial charge in [0.05, 0.1) is 35.6 Å². The molecule has 0 aliphatic carbocycles. The van der Waals surface area contributed by atoms with Crippen LogP contribution in [0.1, 0.15) is 44.8 Å². The Bertz CT molecular complexity index is 1150. The van der Waals surface area contributed by atoms with Gasteiger partial charge in [0.2, 0.25) is 0 Å². The first-order valence-corrected chi connectivity index (χ1v) is 12.3. The Balaban J connectivity index is 0.000000325. The first-order chi connectivity index (χ1) is 17.8. The summed E-state index contributed by atoms with van der Waals surface area (Å²) in [4.78, 5) is 21.9. The van der Waals surface area contributed by atoms with Crippen LogP contribution in [0.15, 0.2) is 85.3 Å². The third-order valence-corrected chi connectivity index (χ3v) is 4.92. The van der Waals surface area contributed by atoms with Crippen LogP contribution in [0, 0.1) is 0 Å². The highest BCUT2D eigenvalue weighted by molar-refractivity contribution is 5.67. The van der Waals surface area contributed by atoms with E-state index in [9.17, 15) is 4.79 Å². The van der Waals surface area contributed by atoms with Crippen molar-refractivity contribution in [3.8, 4) is 5.69 Å². The molecule has 0 saturated carbocycles. The van der Waals surface area contributed by atoms with Crippen LogP contribution in [0.4, 0.5) is 4.79 Å². The standard InChI is InChI=1S/C21H20N6.C7H15NO2/c1-2-10-21(11-3-1)27-17-20(24-25-27)16-26(14-18-8-4-6-12-22-18)15-19-9-5-7-13-23-19;1-5-10-6(9)8-7(2,3)4/h1-13,17H,14-16H2;5H2,1-4H3,(H,8,9). The van der Waals surface area contributed by atoms with Crippen LogP contribution in [0.2, 0.25) is 0 Å². The molecule has 0 aliphatic rings. The number of hydrogen-bond acceptors (Lipinski definition) is 7. The van der Waals surface area contributed by atoms with Gasteiger partial charge in [-0.05, 0) is 64.1 Å². The normalized spacial score (nSPS) is 10.9. The zero-order chi connectivity index (χ0) is 26.5. The van der Waals surface area contributed by atoms with Gasteiger partial charge in [-0.15, -0.1) is 5.10 Å². The summed E-state index contributed by atoms with van der Waals surface area (Å²) in [7, 11) is 0. The number of para-hydroxylation sites is 1. The molecule has 3 heterocycles. The summed E-state index contributed by atoms with van der Waals surface area (Å²) in [5.41, 5.74) is 3.74. The zero-order valence-electron chi connectivity index (χ0n) is 21.9. The first-order valence-electron chi connectivity index (χ1n) is 12.3. The molecule has 4 rings (SSSR count). The van der Waals surface area contributed by atoms with Crippen molar-refractivity contribution in [3.05, 3.63) is 102 Å². The minimum atomic E-state index is -0.352. The summed E-state index contributed by atoms with van der Waals surface area (Å²) >= 11 is 0. The maximum atomic E-state index is 10.7. The van der Waals surface area contributed by atoms with Crippen molar-refractivity contribution >= 4 is 6.09 Å². The number of pyridine rings is 2. The average Bonchev–Trinajstić information content (AvgIpc) is 3.34. The van der Waals surface area contributed by atoms with Crippen LogP contribution in [-0.2, 0) is 24.4 Å². The van der Waals surface area contributed by atoms with E-state index in [0.29, 0.717) is 13.2 Å². The molecule has 3 aromatic heterocycles. The molecule has 0 spiro atoms. The lowest BCUT2D eigenvalue weighted by Crippen LogP contribution is -2.40. The molecule has 0 radical (unpaired) electrons. The fourth-order valence-corrected chi connectivity index (χ4v) is 3.39. The number of ether oxygens (including phenoxy) is 1. The van der Waals surface area contributed by atoms with Gasteiger partial charge in [-0.3, -0.25) is 14.9 Å². The van der Waals surface area contributed by atoms with Crippen molar-refractivity contribution in [1.29, 1.82) is 0 Å². The molecule has 1 aromatic carbocycles. The topological polar surface area (TPSA) is 98.1 Å². The van der Waals surface area contributed by atoms with Crippen LogP contribution in [0.3, 0.4) is 0 Å². The molecule has 0 saturated heterocycles. The van der Waals surface area contributed by atoms with E-state index in [-0.39, 0.29) is 11.6 Å². The van der Waals surface area contributed by atoms with Crippen molar-refractivity contribution in [1.82, 2.24) is 35.2 Å². The van der Waals surface area contributed by atoms with Crippen molar-refractivity contribution in [2.75, 3.05) is 6.61 Å². The molecule has 0 bridgehead atoms. The summed E-state index contributed by atoms with van der Waals surface area (Å²) in [6, 6.07) is 21.9. The van der Waals surface area contributed by atoms with Gasteiger partial charge < -0.3 is 10.1 Å². The smallest absolute Gasteiger partial charge is 0.407 e. The minimum absolute atomic E-state index is 0.202. The van der Waals surface area contributed by atoms with E-state index in [1.54, 1.807) is 11.6 Å². The summed E-state index contributed by atoms with van der Waals surface area (Å²) in [5, 5.41) is 11.3. The predicted octanol–water partition coefficient (Wildman–Crippen LogP) is 4.79. The zero-order valence-corrected chi connectivity index (χ0v) is 21.9. The number of aromatic nitrogens is 5.